The fraction of sp³-hybridized carbons (Fsp3) is 0.320. The van der Waals surface area contributed by atoms with Crippen molar-refractivity contribution >= 4 is 17.5 Å². The second-order valence-electron chi connectivity index (χ2n) is 8.42. The number of amides is 2. The Morgan fingerprint density at radius 1 is 1.03 bits per heavy atom. The molecule has 33 heavy (non-hydrogen) atoms. The lowest BCUT2D eigenvalue weighted by molar-refractivity contribution is -0.121. The largest absolute Gasteiger partial charge is 0.482 e. The summed E-state index contributed by atoms with van der Waals surface area (Å²) in [4.78, 5) is 35.6. The van der Waals surface area contributed by atoms with Gasteiger partial charge in [0.05, 0.1) is 5.69 Å². The molecule has 0 atom stereocenters. The summed E-state index contributed by atoms with van der Waals surface area (Å²) in [6, 6.07) is 16.0. The number of anilines is 1. The third-order valence-electron chi connectivity index (χ3n) is 6.03. The first-order valence-corrected chi connectivity index (χ1v) is 11.1. The van der Waals surface area contributed by atoms with Gasteiger partial charge in [0.2, 0.25) is 5.89 Å². The lowest BCUT2D eigenvalue weighted by Gasteiger charge is -2.34. The molecule has 0 bridgehead atoms. The standard InChI is InChI=1S/C25H26N4O4/c1-18-7-8-22-21(13-18)29(24(30)17-32-22)15-23-26-20(16-33-23)25(31)28-11-9-27(10-12-28)14-19-5-3-2-4-6-19/h2-8,13,16H,9-12,14-15,17H2,1H3. The Bertz CT molecular complexity index is 1150. The fourth-order valence-corrected chi connectivity index (χ4v) is 4.22. The Labute approximate surface area is 192 Å². The van der Waals surface area contributed by atoms with Crippen LogP contribution in [0.3, 0.4) is 0 Å². The van der Waals surface area contributed by atoms with Gasteiger partial charge in [-0.25, -0.2) is 4.98 Å². The molecule has 0 radical (unpaired) electrons. The van der Waals surface area contributed by atoms with Gasteiger partial charge in [-0.15, -0.1) is 0 Å². The normalized spacial score (nSPS) is 16.5. The second-order valence-corrected chi connectivity index (χ2v) is 8.42. The molecule has 2 aliphatic heterocycles. The summed E-state index contributed by atoms with van der Waals surface area (Å²) in [6.07, 6.45) is 1.39. The van der Waals surface area contributed by atoms with Crippen LogP contribution < -0.4 is 9.64 Å². The molecule has 0 unspecified atom stereocenters. The number of oxazole rings is 1. The summed E-state index contributed by atoms with van der Waals surface area (Å²) >= 11 is 0. The zero-order valence-corrected chi connectivity index (χ0v) is 18.6. The average Bonchev–Trinajstić information content (AvgIpc) is 3.30. The Hall–Kier alpha value is -3.65. The second kappa shape index (κ2) is 9.07. The summed E-state index contributed by atoms with van der Waals surface area (Å²) < 4.78 is 11.1. The first kappa shape index (κ1) is 21.2. The van der Waals surface area contributed by atoms with Crippen molar-refractivity contribution in [3.8, 4) is 5.75 Å². The quantitative estimate of drug-likeness (QED) is 0.600. The number of aryl methyl sites for hydroxylation is 1. The monoisotopic (exact) mass is 446 g/mol. The van der Waals surface area contributed by atoms with Gasteiger partial charge in [-0.3, -0.25) is 19.4 Å². The van der Waals surface area contributed by atoms with Gasteiger partial charge in [-0.2, -0.15) is 0 Å². The number of benzene rings is 2. The SMILES string of the molecule is Cc1ccc2c(c1)N(Cc1nc(C(=O)N3CCN(Cc4ccccc4)CC3)co1)C(=O)CO2. The van der Waals surface area contributed by atoms with E-state index in [2.05, 4.69) is 22.0 Å². The van der Waals surface area contributed by atoms with E-state index in [4.69, 9.17) is 9.15 Å². The summed E-state index contributed by atoms with van der Waals surface area (Å²) in [5.74, 6) is 0.655. The van der Waals surface area contributed by atoms with Crippen LogP contribution in [0.1, 0.15) is 27.5 Å². The first-order chi connectivity index (χ1) is 16.1. The number of ether oxygens (including phenoxy) is 1. The van der Waals surface area contributed by atoms with Crippen molar-refractivity contribution in [2.45, 2.75) is 20.0 Å². The maximum absolute atomic E-state index is 13.0. The highest BCUT2D eigenvalue weighted by Gasteiger charge is 2.29. The van der Waals surface area contributed by atoms with Gasteiger partial charge in [0.1, 0.15) is 18.6 Å². The van der Waals surface area contributed by atoms with Gasteiger partial charge in [-0.05, 0) is 30.2 Å². The van der Waals surface area contributed by atoms with Crippen molar-refractivity contribution in [3.05, 3.63) is 77.5 Å². The molecular formula is C25H26N4O4. The van der Waals surface area contributed by atoms with Crippen molar-refractivity contribution in [2.75, 3.05) is 37.7 Å². The lowest BCUT2D eigenvalue weighted by atomic mass is 10.1. The van der Waals surface area contributed by atoms with E-state index in [1.807, 2.05) is 48.2 Å². The lowest BCUT2D eigenvalue weighted by Crippen LogP contribution is -2.48. The van der Waals surface area contributed by atoms with E-state index in [1.165, 1.54) is 11.8 Å². The number of carbonyl (C=O) groups is 2. The minimum absolute atomic E-state index is 0.0319. The first-order valence-electron chi connectivity index (χ1n) is 11.1. The molecule has 1 fully saturated rings. The van der Waals surface area contributed by atoms with Crippen molar-refractivity contribution in [2.24, 2.45) is 0 Å². The van der Waals surface area contributed by atoms with Crippen LogP contribution in [-0.4, -0.2) is 59.4 Å². The molecular weight excluding hydrogens is 420 g/mol. The minimum atomic E-state index is -0.172. The van der Waals surface area contributed by atoms with Crippen LogP contribution in [-0.2, 0) is 17.9 Å². The van der Waals surface area contributed by atoms with Gasteiger partial charge in [0.25, 0.3) is 11.8 Å². The predicted molar refractivity (Wildman–Crippen MR) is 122 cm³/mol. The Kier molecular flexibility index (Phi) is 5.83. The summed E-state index contributed by atoms with van der Waals surface area (Å²) in [5, 5.41) is 0. The molecule has 5 rings (SSSR count). The molecule has 170 valence electrons. The van der Waals surface area contributed by atoms with E-state index >= 15 is 0 Å². The topological polar surface area (TPSA) is 79.1 Å². The van der Waals surface area contributed by atoms with Crippen LogP contribution >= 0.6 is 0 Å². The van der Waals surface area contributed by atoms with E-state index in [-0.39, 0.29) is 30.7 Å². The number of hydrogen-bond acceptors (Lipinski definition) is 6. The number of hydrogen-bond donors (Lipinski definition) is 0. The summed E-state index contributed by atoms with van der Waals surface area (Å²) in [7, 11) is 0. The van der Waals surface area contributed by atoms with E-state index in [0.29, 0.717) is 30.4 Å². The zero-order chi connectivity index (χ0) is 22.8. The summed E-state index contributed by atoms with van der Waals surface area (Å²) in [5.41, 5.74) is 3.25. The predicted octanol–water partition coefficient (Wildman–Crippen LogP) is 2.87. The molecule has 2 amide bonds. The number of fused-ring (bicyclic) bond motifs is 1. The van der Waals surface area contributed by atoms with E-state index < -0.39 is 0 Å². The number of piperazine rings is 1. The number of nitrogens with zero attached hydrogens (tertiary/aromatic N) is 4. The number of aromatic nitrogens is 1. The van der Waals surface area contributed by atoms with Crippen LogP contribution in [0.25, 0.3) is 0 Å². The molecule has 8 heteroatoms. The molecule has 0 spiro atoms. The molecule has 8 nitrogen and oxygen atoms in total. The minimum Gasteiger partial charge on any atom is -0.482 e. The molecule has 0 N–H and O–H groups in total. The number of rotatable bonds is 5. The van der Waals surface area contributed by atoms with Gasteiger partial charge in [0, 0.05) is 32.7 Å². The molecule has 2 aliphatic rings. The van der Waals surface area contributed by atoms with E-state index in [9.17, 15) is 9.59 Å². The van der Waals surface area contributed by atoms with Gasteiger partial charge < -0.3 is 14.1 Å². The van der Waals surface area contributed by atoms with Gasteiger partial charge >= 0.3 is 0 Å². The van der Waals surface area contributed by atoms with Crippen molar-refractivity contribution in [3.63, 3.8) is 0 Å². The van der Waals surface area contributed by atoms with Crippen LogP contribution in [0.5, 0.6) is 5.75 Å². The third kappa shape index (κ3) is 4.61. The smallest absolute Gasteiger partial charge is 0.275 e. The maximum atomic E-state index is 13.0. The van der Waals surface area contributed by atoms with Crippen LogP contribution in [0.15, 0.2) is 59.2 Å². The maximum Gasteiger partial charge on any atom is 0.275 e. The van der Waals surface area contributed by atoms with Gasteiger partial charge in [0.15, 0.2) is 12.3 Å². The molecule has 2 aromatic carbocycles. The van der Waals surface area contributed by atoms with Crippen LogP contribution in [0, 0.1) is 6.92 Å². The average molecular weight is 447 g/mol. The molecule has 1 aromatic heterocycles. The molecule has 3 aromatic rings. The molecule has 0 aliphatic carbocycles. The molecule has 0 saturated carbocycles. The Morgan fingerprint density at radius 2 is 1.82 bits per heavy atom. The van der Waals surface area contributed by atoms with Crippen LogP contribution in [0.4, 0.5) is 5.69 Å². The van der Waals surface area contributed by atoms with E-state index in [0.717, 1.165) is 25.2 Å². The highest BCUT2D eigenvalue weighted by Crippen LogP contribution is 2.33. The van der Waals surface area contributed by atoms with Crippen molar-refractivity contribution in [1.82, 2.24) is 14.8 Å². The van der Waals surface area contributed by atoms with E-state index in [1.54, 1.807) is 4.90 Å². The highest BCUT2D eigenvalue weighted by atomic mass is 16.5. The van der Waals surface area contributed by atoms with Crippen LogP contribution in [0.2, 0.25) is 0 Å². The Balaban J connectivity index is 1.21. The van der Waals surface area contributed by atoms with Crippen molar-refractivity contribution in [1.29, 1.82) is 0 Å². The zero-order valence-electron chi connectivity index (χ0n) is 18.6. The highest BCUT2D eigenvalue weighted by molar-refractivity contribution is 5.97. The fourth-order valence-electron chi connectivity index (χ4n) is 4.22. The third-order valence-corrected chi connectivity index (χ3v) is 6.03. The molecule has 3 heterocycles. The number of carbonyl (C=O) groups excluding carboxylic acids is 2. The summed E-state index contributed by atoms with van der Waals surface area (Å²) in [6.45, 7) is 5.86. The van der Waals surface area contributed by atoms with Crippen molar-refractivity contribution < 1.29 is 18.7 Å². The molecule has 1 saturated heterocycles. The van der Waals surface area contributed by atoms with Gasteiger partial charge in [-0.1, -0.05) is 36.4 Å². The Morgan fingerprint density at radius 3 is 2.61 bits per heavy atom.